The van der Waals surface area contributed by atoms with Crippen LogP contribution in [0.4, 0.5) is 0 Å². The quantitative estimate of drug-likeness (QED) is 0.698. The summed E-state index contributed by atoms with van der Waals surface area (Å²) in [5.74, 6) is 2.54. The van der Waals surface area contributed by atoms with E-state index in [1.807, 2.05) is 18.2 Å². The van der Waals surface area contributed by atoms with Gasteiger partial charge in [-0.2, -0.15) is 0 Å². The van der Waals surface area contributed by atoms with E-state index in [0.717, 1.165) is 49.2 Å². The summed E-state index contributed by atoms with van der Waals surface area (Å²) in [6, 6.07) is 5.93. The first-order chi connectivity index (χ1) is 12.5. The molecule has 26 heavy (non-hydrogen) atoms. The number of ether oxygens (including phenoxy) is 2. The predicted octanol–water partition coefficient (Wildman–Crippen LogP) is 2.11. The number of hydrogen-bond donors (Lipinski definition) is 1. The van der Waals surface area contributed by atoms with Crippen molar-refractivity contribution in [1.29, 1.82) is 0 Å². The summed E-state index contributed by atoms with van der Waals surface area (Å²) < 4.78 is 33.9. The fraction of sp³-hybridized carbons (Fsp3) is 0.632. The molecule has 1 fully saturated rings. The van der Waals surface area contributed by atoms with E-state index in [4.69, 9.17) is 9.47 Å². The van der Waals surface area contributed by atoms with Crippen LogP contribution in [0.3, 0.4) is 0 Å². The molecule has 1 aromatic carbocycles. The van der Waals surface area contributed by atoms with Gasteiger partial charge in [0.05, 0.1) is 11.5 Å². The van der Waals surface area contributed by atoms with Gasteiger partial charge in [-0.15, -0.1) is 0 Å². The summed E-state index contributed by atoms with van der Waals surface area (Å²) in [7, 11) is -2.80. The highest BCUT2D eigenvalue weighted by atomic mass is 32.2. The molecule has 1 aromatic rings. The molecule has 7 heteroatoms. The van der Waals surface area contributed by atoms with Gasteiger partial charge >= 0.3 is 0 Å². The van der Waals surface area contributed by atoms with E-state index in [-0.39, 0.29) is 11.8 Å². The maximum Gasteiger partial charge on any atom is 0.220 e. The van der Waals surface area contributed by atoms with Crippen molar-refractivity contribution in [3.05, 3.63) is 23.8 Å². The Hall–Kier alpha value is -1.76. The first kappa shape index (κ1) is 19.0. The molecule has 0 radical (unpaired) electrons. The van der Waals surface area contributed by atoms with Crippen LogP contribution in [0, 0.1) is 5.92 Å². The summed E-state index contributed by atoms with van der Waals surface area (Å²) in [6.07, 6.45) is 4.58. The second-order valence-corrected chi connectivity index (χ2v) is 9.32. The second kappa shape index (κ2) is 8.75. The van der Waals surface area contributed by atoms with Crippen LogP contribution in [0.5, 0.6) is 11.5 Å². The first-order valence-electron chi connectivity index (χ1n) is 9.37. The van der Waals surface area contributed by atoms with Gasteiger partial charge in [0.25, 0.3) is 0 Å². The zero-order valence-corrected chi connectivity index (χ0v) is 15.9. The molecule has 1 unspecified atom stereocenters. The minimum atomic E-state index is -2.80. The third kappa shape index (κ3) is 5.62. The van der Waals surface area contributed by atoms with Crippen LogP contribution in [0.2, 0.25) is 0 Å². The molecular weight excluding hydrogens is 354 g/mol. The molecular formula is C19H27NO5S. The Bertz CT molecular complexity index is 731. The highest BCUT2D eigenvalue weighted by molar-refractivity contribution is 7.91. The number of aryl methyl sites for hydroxylation is 1. The lowest BCUT2D eigenvalue weighted by atomic mass is 10.0. The molecule has 2 aliphatic heterocycles. The molecule has 1 saturated heterocycles. The number of carbonyl (C=O) groups excluding carboxylic acids is 1. The average molecular weight is 381 g/mol. The van der Waals surface area contributed by atoms with Gasteiger partial charge in [0, 0.05) is 13.0 Å². The van der Waals surface area contributed by atoms with Crippen LogP contribution in [-0.4, -0.2) is 45.6 Å². The molecule has 0 bridgehead atoms. The van der Waals surface area contributed by atoms with Gasteiger partial charge in [-0.25, -0.2) is 8.42 Å². The number of benzene rings is 1. The molecule has 0 aliphatic carbocycles. The van der Waals surface area contributed by atoms with E-state index in [9.17, 15) is 13.2 Å². The topological polar surface area (TPSA) is 81.7 Å². The number of fused-ring (bicyclic) bond motifs is 1. The van der Waals surface area contributed by atoms with Gasteiger partial charge in [-0.3, -0.25) is 4.79 Å². The van der Waals surface area contributed by atoms with E-state index in [2.05, 4.69) is 5.32 Å². The monoisotopic (exact) mass is 381 g/mol. The summed E-state index contributed by atoms with van der Waals surface area (Å²) in [5, 5.41) is 2.93. The summed E-state index contributed by atoms with van der Waals surface area (Å²) in [4.78, 5) is 11.9. The third-order valence-electron chi connectivity index (χ3n) is 4.91. The molecule has 6 nitrogen and oxygen atoms in total. The predicted molar refractivity (Wildman–Crippen MR) is 99.4 cm³/mol. The van der Waals surface area contributed by atoms with Crippen molar-refractivity contribution in [3.8, 4) is 11.5 Å². The molecule has 1 atom stereocenters. The maximum absolute atomic E-state index is 11.9. The summed E-state index contributed by atoms with van der Waals surface area (Å²) in [5.41, 5.74) is 1.14. The van der Waals surface area contributed by atoms with Gasteiger partial charge in [-0.05, 0) is 55.7 Å². The summed E-state index contributed by atoms with van der Waals surface area (Å²) in [6.45, 7) is 1.79. The minimum absolute atomic E-state index is 0.0570. The number of rotatable bonds is 8. The number of carbonyl (C=O) groups is 1. The van der Waals surface area contributed by atoms with Gasteiger partial charge in [0.2, 0.25) is 5.91 Å². The molecule has 3 rings (SSSR count). The standard InChI is InChI=1S/C19H27NO5S/c21-19(20-9-2-4-16-8-12-26(22,23)14-16)5-1-3-15-6-7-17-18(13-15)25-11-10-24-17/h6-7,13,16H,1-5,8-12,14H2,(H,20,21). The van der Waals surface area contributed by atoms with Crippen LogP contribution in [0.25, 0.3) is 0 Å². The van der Waals surface area contributed by atoms with Crippen LogP contribution in [0.15, 0.2) is 18.2 Å². The fourth-order valence-corrected chi connectivity index (χ4v) is 5.41. The Morgan fingerprint density at radius 3 is 2.73 bits per heavy atom. The molecule has 144 valence electrons. The Labute approximate surface area is 155 Å². The zero-order valence-electron chi connectivity index (χ0n) is 15.0. The maximum atomic E-state index is 11.9. The number of hydrogen-bond acceptors (Lipinski definition) is 5. The molecule has 2 aliphatic rings. The normalized spacial score (nSPS) is 20.7. The first-order valence-corrected chi connectivity index (χ1v) is 11.2. The number of nitrogens with one attached hydrogen (secondary N) is 1. The molecule has 0 spiro atoms. The molecule has 1 amide bonds. The highest BCUT2D eigenvalue weighted by Crippen LogP contribution is 2.31. The van der Waals surface area contributed by atoms with Gasteiger partial charge in [0.15, 0.2) is 21.3 Å². The lowest BCUT2D eigenvalue weighted by Gasteiger charge is -2.18. The van der Waals surface area contributed by atoms with Crippen molar-refractivity contribution < 1.29 is 22.7 Å². The third-order valence-corrected chi connectivity index (χ3v) is 6.75. The summed E-state index contributed by atoms with van der Waals surface area (Å²) >= 11 is 0. The second-order valence-electron chi connectivity index (χ2n) is 7.09. The van der Waals surface area contributed by atoms with Crippen LogP contribution < -0.4 is 14.8 Å². The lowest BCUT2D eigenvalue weighted by Crippen LogP contribution is -2.24. The smallest absolute Gasteiger partial charge is 0.220 e. The van der Waals surface area contributed by atoms with Crippen molar-refractivity contribution >= 4 is 15.7 Å². The van der Waals surface area contributed by atoms with Gasteiger partial charge in [-0.1, -0.05) is 6.07 Å². The van der Waals surface area contributed by atoms with E-state index >= 15 is 0 Å². The fourth-order valence-electron chi connectivity index (χ4n) is 3.50. The Morgan fingerprint density at radius 2 is 1.96 bits per heavy atom. The van der Waals surface area contributed by atoms with Crippen molar-refractivity contribution in [1.82, 2.24) is 5.32 Å². The molecule has 2 heterocycles. The van der Waals surface area contributed by atoms with Gasteiger partial charge in [0.1, 0.15) is 13.2 Å². The largest absolute Gasteiger partial charge is 0.486 e. The van der Waals surface area contributed by atoms with E-state index < -0.39 is 9.84 Å². The van der Waals surface area contributed by atoms with Crippen LogP contribution in [0.1, 0.15) is 37.7 Å². The van der Waals surface area contributed by atoms with Crippen LogP contribution in [-0.2, 0) is 21.1 Å². The number of sulfone groups is 1. The number of amides is 1. The lowest BCUT2D eigenvalue weighted by molar-refractivity contribution is -0.121. The van der Waals surface area contributed by atoms with Crippen molar-refractivity contribution in [2.75, 3.05) is 31.3 Å². The minimum Gasteiger partial charge on any atom is -0.486 e. The van der Waals surface area contributed by atoms with E-state index in [1.165, 1.54) is 0 Å². The van der Waals surface area contributed by atoms with Crippen molar-refractivity contribution in [3.63, 3.8) is 0 Å². The Kier molecular flexibility index (Phi) is 6.40. The zero-order chi connectivity index (χ0) is 18.4. The van der Waals surface area contributed by atoms with Crippen molar-refractivity contribution in [2.45, 2.75) is 38.5 Å². The molecule has 0 aromatic heterocycles. The average Bonchev–Trinajstić information content (AvgIpc) is 2.97. The van der Waals surface area contributed by atoms with E-state index in [0.29, 0.717) is 37.7 Å². The molecule has 0 saturated carbocycles. The highest BCUT2D eigenvalue weighted by Gasteiger charge is 2.27. The molecule has 1 N–H and O–H groups in total. The Morgan fingerprint density at radius 1 is 1.15 bits per heavy atom. The van der Waals surface area contributed by atoms with Gasteiger partial charge < -0.3 is 14.8 Å². The van der Waals surface area contributed by atoms with Crippen molar-refractivity contribution in [2.24, 2.45) is 5.92 Å². The Balaban J connectivity index is 1.28. The SMILES string of the molecule is O=C(CCCc1ccc2c(c1)OCCO2)NCCCC1CCS(=O)(=O)C1. The van der Waals surface area contributed by atoms with E-state index in [1.54, 1.807) is 0 Å². The van der Waals surface area contributed by atoms with Crippen LogP contribution >= 0.6 is 0 Å².